The van der Waals surface area contributed by atoms with Gasteiger partial charge < -0.3 is 15.4 Å². The molecule has 21 heavy (non-hydrogen) atoms. The van der Waals surface area contributed by atoms with E-state index in [4.69, 9.17) is 16.3 Å². The third kappa shape index (κ3) is 9.16. The summed E-state index contributed by atoms with van der Waals surface area (Å²) in [7, 11) is 3.51. The first-order chi connectivity index (χ1) is 9.77. The minimum Gasteiger partial charge on any atom is -0.385 e. The fourth-order valence-corrected chi connectivity index (χ4v) is 2.00. The van der Waals surface area contributed by atoms with Gasteiger partial charge in [-0.15, -0.1) is 24.0 Å². The molecule has 0 amide bonds. The standard InChI is InChI=1S/C15H24ClN3O.HI/c1-17-15(18-10-6-3-7-11-20-2)19-12-13-8-4-5-9-14(13)16;/h4-5,8-9H,3,6-7,10-12H2,1-2H3,(H2,17,18,19);1H. The van der Waals surface area contributed by atoms with Gasteiger partial charge in [-0.25, -0.2) is 0 Å². The molecule has 0 spiro atoms. The molecule has 0 aliphatic heterocycles. The van der Waals surface area contributed by atoms with Crippen molar-refractivity contribution in [2.24, 2.45) is 4.99 Å². The number of ether oxygens (including phenoxy) is 1. The average molecular weight is 426 g/mol. The number of hydrogen-bond donors (Lipinski definition) is 2. The van der Waals surface area contributed by atoms with Crippen molar-refractivity contribution in [2.45, 2.75) is 25.8 Å². The lowest BCUT2D eigenvalue weighted by molar-refractivity contribution is 0.192. The summed E-state index contributed by atoms with van der Waals surface area (Å²) in [5.41, 5.74) is 1.07. The summed E-state index contributed by atoms with van der Waals surface area (Å²) < 4.78 is 5.02. The monoisotopic (exact) mass is 425 g/mol. The summed E-state index contributed by atoms with van der Waals surface area (Å²) in [6.45, 7) is 2.41. The van der Waals surface area contributed by atoms with Crippen LogP contribution in [-0.4, -0.2) is 33.3 Å². The van der Waals surface area contributed by atoms with Gasteiger partial charge in [-0.05, 0) is 30.9 Å². The summed E-state index contributed by atoms with van der Waals surface area (Å²) in [6, 6.07) is 7.81. The van der Waals surface area contributed by atoms with Crippen LogP contribution >= 0.6 is 35.6 Å². The molecule has 0 radical (unpaired) electrons. The number of hydrogen-bond acceptors (Lipinski definition) is 2. The third-order valence-electron chi connectivity index (χ3n) is 2.95. The van der Waals surface area contributed by atoms with Crippen LogP contribution in [0.5, 0.6) is 0 Å². The first kappa shape index (κ1) is 20.5. The van der Waals surface area contributed by atoms with Crippen LogP contribution in [0.2, 0.25) is 5.02 Å². The quantitative estimate of drug-likeness (QED) is 0.290. The summed E-state index contributed by atoms with van der Waals surface area (Å²) in [5, 5.41) is 7.32. The van der Waals surface area contributed by atoms with Crippen LogP contribution in [0.4, 0.5) is 0 Å². The number of rotatable bonds is 8. The maximum absolute atomic E-state index is 6.11. The number of guanidine groups is 1. The molecule has 0 aliphatic rings. The molecule has 0 aliphatic carbocycles. The Morgan fingerprint density at radius 2 is 1.95 bits per heavy atom. The Labute approximate surface area is 149 Å². The average Bonchev–Trinajstić information content (AvgIpc) is 2.47. The van der Waals surface area contributed by atoms with Crippen LogP contribution in [0.25, 0.3) is 0 Å². The largest absolute Gasteiger partial charge is 0.385 e. The molecule has 120 valence electrons. The van der Waals surface area contributed by atoms with Gasteiger partial charge in [-0.1, -0.05) is 29.8 Å². The molecular weight excluding hydrogens is 401 g/mol. The molecule has 0 fully saturated rings. The SMILES string of the molecule is CN=C(NCCCCCOC)NCc1ccccc1Cl.I. The maximum Gasteiger partial charge on any atom is 0.191 e. The van der Waals surface area contributed by atoms with Crippen molar-refractivity contribution in [3.05, 3.63) is 34.9 Å². The molecule has 1 aromatic carbocycles. The second-order valence-electron chi connectivity index (χ2n) is 4.50. The maximum atomic E-state index is 6.11. The van der Waals surface area contributed by atoms with Gasteiger partial charge in [0, 0.05) is 38.9 Å². The molecule has 2 N–H and O–H groups in total. The van der Waals surface area contributed by atoms with E-state index in [2.05, 4.69) is 15.6 Å². The van der Waals surface area contributed by atoms with Crippen molar-refractivity contribution < 1.29 is 4.74 Å². The summed E-state index contributed by atoms with van der Waals surface area (Å²) in [4.78, 5) is 4.19. The molecule has 0 heterocycles. The molecule has 0 saturated heterocycles. The van der Waals surface area contributed by atoms with E-state index in [1.54, 1.807) is 14.2 Å². The second-order valence-corrected chi connectivity index (χ2v) is 4.90. The van der Waals surface area contributed by atoms with Crippen molar-refractivity contribution in [3.8, 4) is 0 Å². The lowest BCUT2D eigenvalue weighted by Gasteiger charge is -2.12. The lowest BCUT2D eigenvalue weighted by atomic mass is 10.2. The van der Waals surface area contributed by atoms with Gasteiger partial charge in [0.15, 0.2) is 5.96 Å². The molecule has 1 rings (SSSR count). The van der Waals surface area contributed by atoms with Gasteiger partial charge >= 0.3 is 0 Å². The molecule has 0 atom stereocenters. The number of methoxy groups -OCH3 is 1. The van der Waals surface area contributed by atoms with E-state index in [-0.39, 0.29) is 24.0 Å². The van der Waals surface area contributed by atoms with Gasteiger partial charge in [0.1, 0.15) is 0 Å². The summed E-state index contributed by atoms with van der Waals surface area (Å²) in [6.07, 6.45) is 3.36. The molecular formula is C15H25ClIN3O. The van der Waals surface area contributed by atoms with Gasteiger partial charge in [0.05, 0.1) is 0 Å². The van der Waals surface area contributed by atoms with Crippen molar-refractivity contribution in [3.63, 3.8) is 0 Å². The highest BCUT2D eigenvalue weighted by atomic mass is 127. The second kappa shape index (κ2) is 13.2. The Balaban J connectivity index is 0.00000400. The molecule has 0 saturated carbocycles. The Morgan fingerprint density at radius 3 is 2.62 bits per heavy atom. The molecule has 4 nitrogen and oxygen atoms in total. The van der Waals surface area contributed by atoms with Crippen molar-refractivity contribution >= 4 is 41.5 Å². The number of benzene rings is 1. The fraction of sp³-hybridized carbons (Fsp3) is 0.533. The predicted molar refractivity (Wildman–Crippen MR) is 101 cm³/mol. The van der Waals surface area contributed by atoms with Gasteiger partial charge in [-0.3, -0.25) is 4.99 Å². The van der Waals surface area contributed by atoms with Crippen LogP contribution in [0.15, 0.2) is 29.3 Å². The fourth-order valence-electron chi connectivity index (χ4n) is 1.80. The number of halogens is 2. The zero-order valence-corrected chi connectivity index (χ0v) is 15.8. The van der Waals surface area contributed by atoms with Crippen molar-refractivity contribution in [1.29, 1.82) is 0 Å². The summed E-state index contributed by atoms with van der Waals surface area (Å²) >= 11 is 6.11. The smallest absolute Gasteiger partial charge is 0.191 e. The van der Waals surface area contributed by atoms with E-state index >= 15 is 0 Å². The molecule has 0 bridgehead atoms. The highest BCUT2D eigenvalue weighted by Gasteiger charge is 2.01. The van der Waals surface area contributed by atoms with Gasteiger partial charge in [-0.2, -0.15) is 0 Å². The Kier molecular flexibility index (Phi) is 12.8. The van der Waals surface area contributed by atoms with E-state index in [1.165, 1.54) is 0 Å². The first-order valence-corrected chi connectivity index (χ1v) is 7.32. The number of aliphatic imine (C=N–C) groups is 1. The normalized spacial score (nSPS) is 10.9. The predicted octanol–water partition coefficient (Wildman–Crippen LogP) is 3.44. The van der Waals surface area contributed by atoms with Crippen molar-refractivity contribution in [2.75, 3.05) is 27.3 Å². The molecule has 0 aromatic heterocycles. The minimum atomic E-state index is 0. The van der Waals surface area contributed by atoms with Gasteiger partial charge in [0.25, 0.3) is 0 Å². The Hall–Kier alpha value is -0.530. The van der Waals surface area contributed by atoms with E-state index in [0.29, 0.717) is 6.54 Å². The van der Waals surface area contributed by atoms with Crippen LogP contribution in [-0.2, 0) is 11.3 Å². The van der Waals surface area contributed by atoms with Crippen LogP contribution < -0.4 is 10.6 Å². The number of unbranched alkanes of at least 4 members (excludes halogenated alkanes) is 2. The molecule has 6 heteroatoms. The number of nitrogens with one attached hydrogen (secondary N) is 2. The lowest BCUT2D eigenvalue weighted by Crippen LogP contribution is -2.37. The van der Waals surface area contributed by atoms with E-state index in [1.807, 2.05) is 24.3 Å². The Bertz CT molecular complexity index is 416. The Morgan fingerprint density at radius 1 is 1.19 bits per heavy atom. The minimum absolute atomic E-state index is 0. The zero-order valence-electron chi connectivity index (χ0n) is 12.7. The van der Waals surface area contributed by atoms with Crippen molar-refractivity contribution in [1.82, 2.24) is 10.6 Å². The molecule has 0 unspecified atom stereocenters. The topological polar surface area (TPSA) is 45.7 Å². The first-order valence-electron chi connectivity index (χ1n) is 6.94. The number of nitrogens with zero attached hydrogens (tertiary/aromatic N) is 1. The highest BCUT2D eigenvalue weighted by molar-refractivity contribution is 14.0. The van der Waals surface area contributed by atoms with E-state index in [9.17, 15) is 0 Å². The molecule has 1 aromatic rings. The van der Waals surface area contributed by atoms with Gasteiger partial charge in [0.2, 0.25) is 0 Å². The van der Waals surface area contributed by atoms with Crippen LogP contribution in [0, 0.1) is 0 Å². The van der Waals surface area contributed by atoms with Crippen LogP contribution in [0.1, 0.15) is 24.8 Å². The van der Waals surface area contributed by atoms with E-state index in [0.717, 1.165) is 49.0 Å². The third-order valence-corrected chi connectivity index (χ3v) is 3.31. The zero-order chi connectivity index (χ0) is 14.6. The summed E-state index contributed by atoms with van der Waals surface area (Å²) in [5.74, 6) is 0.802. The van der Waals surface area contributed by atoms with Crippen LogP contribution in [0.3, 0.4) is 0 Å². The van der Waals surface area contributed by atoms with E-state index < -0.39 is 0 Å². The highest BCUT2D eigenvalue weighted by Crippen LogP contribution is 2.14.